The highest BCUT2D eigenvalue weighted by molar-refractivity contribution is 5.31. The highest BCUT2D eigenvalue weighted by atomic mass is 19.3. The summed E-state index contributed by atoms with van der Waals surface area (Å²) in [5, 5.41) is 4.08. The number of nitrogens with zero attached hydrogens (tertiary/aromatic N) is 2. The molecule has 5 nitrogen and oxygen atoms in total. The Kier molecular flexibility index (Phi) is 4.65. The monoisotopic (exact) mass is 282 g/mol. The van der Waals surface area contributed by atoms with Gasteiger partial charge in [0, 0.05) is 13.2 Å². The van der Waals surface area contributed by atoms with Gasteiger partial charge in [-0.15, -0.1) is 0 Å². The first kappa shape index (κ1) is 14.4. The quantitative estimate of drug-likeness (QED) is 0.626. The Bertz CT molecular complexity index is 559. The Morgan fingerprint density at radius 3 is 2.85 bits per heavy atom. The molecule has 0 fully saturated rings. The van der Waals surface area contributed by atoms with Crippen molar-refractivity contribution in [2.24, 2.45) is 12.9 Å². The highest BCUT2D eigenvalue weighted by Crippen LogP contribution is 2.23. The number of ether oxygens (including phenoxy) is 1. The molecule has 0 aliphatic carbocycles. The molecule has 0 saturated heterocycles. The van der Waals surface area contributed by atoms with Gasteiger partial charge in [-0.05, 0) is 29.7 Å². The Balaban J connectivity index is 2.14. The second-order valence-corrected chi connectivity index (χ2v) is 4.40. The van der Waals surface area contributed by atoms with Crippen molar-refractivity contribution in [3.05, 3.63) is 47.8 Å². The molecule has 0 saturated carbocycles. The van der Waals surface area contributed by atoms with Gasteiger partial charge in [0.2, 0.25) is 0 Å². The summed E-state index contributed by atoms with van der Waals surface area (Å²) in [5.74, 6) is 5.66. The first-order chi connectivity index (χ1) is 9.58. The van der Waals surface area contributed by atoms with Crippen molar-refractivity contribution in [2.75, 3.05) is 0 Å². The molecule has 0 amide bonds. The number of hydrazine groups is 1. The van der Waals surface area contributed by atoms with E-state index in [9.17, 15) is 8.78 Å². The fourth-order valence-corrected chi connectivity index (χ4v) is 1.99. The van der Waals surface area contributed by atoms with Crippen LogP contribution in [0.2, 0.25) is 0 Å². The summed E-state index contributed by atoms with van der Waals surface area (Å²) in [6.45, 7) is -2.84. The van der Waals surface area contributed by atoms with E-state index in [1.54, 1.807) is 29.1 Å². The Morgan fingerprint density at radius 2 is 2.25 bits per heavy atom. The molecule has 2 aromatic rings. The molecule has 0 spiro atoms. The summed E-state index contributed by atoms with van der Waals surface area (Å²) in [4.78, 5) is 0. The molecule has 0 aliphatic heterocycles. The lowest BCUT2D eigenvalue weighted by Gasteiger charge is -2.16. The predicted molar refractivity (Wildman–Crippen MR) is 70.1 cm³/mol. The van der Waals surface area contributed by atoms with Crippen LogP contribution in [0.15, 0.2) is 36.7 Å². The maximum atomic E-state index is 12.2. The fraction of sp³-hybridized carbons (Fsp3) is 0.308. The standard InChI is InChI=1S/C13H16F2N4O/c1-19-8-9(7-17-19)5-12(18-16)10-3-2-4-11(6-10)20-13(14)15/h2-4,6-8,12-13,18H,5,16H2,1H3. The molecular formula is C13H16F2N4O. The molecule has 3 N–H and O–H groups in total. The van der Waals surface area contributed by atoms with Gasteiger partial charge in [-0.3, -0.25) is 16.0 Å². The number of aryl methyl sites for hydroxylation is 1. The minimum atomic E-state index is -2.84. The van der Waals surface area contributed by atoms with E-state index in [1.807, 2.05) is 13.2 Å². The van der Waals surface area contributed by atoms with Gasteiger partial charge < -0.3 is 4.74 Å². The third-order valence-corrected chi connectivity index (χ3v) is 2.88. The van der Waals surface area contributed by atoms with E-state index in [-0.39, 0.29) is 11.8 Å². The number of hydrogen-bond donors (Lipinski definition) is 2. The number of rotatable bonds is 6. The summed E-state index contributed by atoms with van der Waals surface area (Å²) in [6.07, 6.45) is 4.22. The maximum Gasteiger partial charge on any atom is 0.387 e. The lowest BCUT2D eigenvalue weighted by atomic mass is 10.0. The van der Waals surface area contributed by atoms with Gasteiger partial charge in [0.05, 0.1) is 12.2 Å². The van der Waals surface area contributed by atoms with Gasteiger partial charge in [0.25, 0.3) is 0 Å². The molecule has 1 aromatic heterocycles. The molecule has 108 valence electrons. The SMILES string of the molecule is Cn1cc(CC(NN)c2cccc(OC(F)F)c2)cn1. The number of benzene rings is 1. The average Bonchev–Trinajstić information content (AvgIpc) is 2.81. The van der Waals surface area contributed by atoms with E-state index in [4.69, 9.17) is 5.84 Å². The average molecular weight is 282 g/mol. The molecule has 1 unspecified atom stereocenters. The van der Waals surface area contributed by atoms with Crippen LogP contribution in [0.1, 0.15) is 17.2 Å². The van der Waals surface area contributed by atoms with Crippen LogP contribution in [0, 0.1) is 0 Å². The number of hydrogen-bond acceptors (Lipinski definition) is 4. The minimum Gasteiger partial charge on any atom is -0.435 e. The van der Waals surface area contributed by atoms with Crippen LogP contribution >= 0.6 is 0 Å². The predicted octanol–water partition coefficient (Wildman–Crippen LogP) is 1.77. The van der Waals surface area contributed by atoms with E-state index in [2.05, 4.69) is 15.3 Å². The minimum absolute atomic E-state index is 0.115. The summed E-state index contributed by atoms with van der Waals surface area (Å²) < 4.78 is 30.5. The molecule has 2 rings (SSSR count). The molecule has 1 atom stereocenters. The van der Waals surface area contributed by atoms with Crippen LogP contribution in [0.5, 0.6) is 5.75 Å². The first-order valence-corrected chi connectivity index (χ1v) is 6.07. The number of nitrogens with one attached hydrogen (secondary N) is 1. The van der Waals surface area contributed by atoms with E-state index in [0.29, 0.717) is 6.42 Å². The maximum absolute atomic E-state index is 12.2. The molecular weight excluding hydrogens is 266 g/mol. The zero-order valence-corrected chi connectivity index (χ0v) is 11.0. The highest BCUT2D eigenvalue weighted by Gasteiger charge is 2.13. The Morgan fingerprint density at radius 1 is 1.45 bits per heavy atom. The molecule has 1 aromatic carbocycles. The normalized spacial score (nSPS) is 12.7. The third kappa shape index (κ3) is 3.75. The van der Waals surface area contributed by atoms with Gasteiger partial charge in [0.15, 0.2) is 0 Å². The smallest absolute Gasteiger partial charge is 0.387 e. The van der Waals surface area contributed by atoms with Crippen molar-refractivity contribution in [3.8, 4) is 5.75 Å². The van der Waals surface area contributed by atoms with Gasteiger partial charge in [-0.1, -0.05) is 12.1 Å². The van der Waals surface area contributed by atoms with Gasteiger partial charge in [-0.25, -0.2) is 0 Å². The molecule has 0 aliphatic rings. The van der Waals surface area contributed by atoms with Crippen molar-refractivity contribution in [1.82, 2.24) is 15.2 Å². The van der Waals surface area contributed by atoms with Crippen molar-refractivity contribution in [1.29, 1.82) is 0 Å². The number of halogens is 2. The number of alkyl halides is 2. The molecule has 7 heteroatoms. The molecule has 0 bridgehead atoms. The Hall–Kier alpha value is -1.99. The lowest BCUT2D eigenvalue weighted by Crippen LogP contribution is -2.29. The Labute approximate surface area is 115 Å². The van der Waals surface area contributed by atoms with Crippen LogP contribution < -0.4 is 16.0 Å². The lowest BCUT2D eigenvalue weighted by molar-refractivity contribution is -0.0499. The first-order valence-electron chi connectivity index (χ1n) is 6.07. The molecule has 1 heterocycles. The van der Waals surface area contributed by atoms with Gasteiger partial charge in [-0.2, -0.15) is 13.9 Å². The van der Waals surface area contributed by atoms with Crippen molar-refractivity contribution < 1.29 is 13.5 Å². The number of nitrogens with two attached hydrogens (primary N) is 1. The van der Waals surface area contributed by atoms with Crippen molar-refractivity contribution in [3.63, 3.8) is 0 Å². The number of aromatic nitrogens is 2. The second-order valence-electron chi connectivity index (χ2n) is 4.40. The van der Waals surface area contributed by atoms with Crippen LogP contribution in [-0.4, -0.2) is 16.4 Å². The van der Waals surface area contributed by atoms with Crippen molar-refractivity contribution >= 4 is 0 Å². The summed E-state index contributed by atoms with van der Waals surface area (Å²) in [6, 6.07) is 6.28. The van der Waals surface area contributed by atoms with Crippen LogP contribution in [-0.2, 0) is 13.5 Å². The van der Waals surface area contributed by atoms with E-state index in [1.165, 1.54) is 6.07 Å². The zero-order valence-electron chi connectivity index (χ0n) is 11.0. The second kappa shape index (κ2) is 6.44. The third-order valence-electron chi connectivity index (χ3n) is 2.88. The summed E-state index contributed by atoms with van der Waals surface area (Å²) in [5.41, 5.74) is 4.45. The van der Waals surface area contributed by atoms with E-state index < -0.39 is 6.61 Å². The summed E-state index contributed by atoms with van der Waals surface area (Å²) in [7, 11) is 1.82. The van der Waals surface area contributed by atoms with Gasteiger partial charge >= 0.3 is 6.61 Å². The molecule has 0 radical (unpaired) electrons. The van der Waals surface area contributed by atoms with Crippen LogP contribution in [0.25, 0.3) is 0 Å². The summed E-state index contributed by atoms with van der Waals surface area (Å²) >= 11 is 0. The molecule has 20 heavy (non-hydrogen) atoms. The van der Waals surface area contributed by atoms with Crippen LogP contribution in [0.3, 0.4) is 0 Å². The van der Waals surface area contributed by atoms with E-state index in [0.717, 1.165) is 11.1 Å². The topological polar surface area (TPSA) is 65.1 Å². The van der Waals surface area contributed by atoms with Crippen molar-refractivity contribution in [2.45, 2.75) is 19.1 Å². The van der Waals surface area contributed by atoms with E-state index >= 15 is 0 Å². The van der Waals surface area contributed by atoms with Crippen LogP contribution in [0.4, 0.5) is 8.78 Å². The fourth-order valence-electron chi connectivity index (χ4n) is 1.99. The zero-order chi connectivity index (χ0) is 14.5. The largest absolute Gasteiger partial charge is 0.435 e. The van der Waals surface area contributed by atoms with Gasteiger partial charge in [0.1, 0.15) is 5.75 Å².